The van der Waals surface area contributed by atoms with Crippen LogP contribution >= 0.6 is 0 Å². The molecule has 0 saturated carbocycles. The van der Waals surface area contributed by atoms with Gasteiger partial charge in [0.1, 0.15) is 23.5 Å². The Balaban J connectivity index is 1.86. The van der Waals surface area contributed by atoms with Crippen LogP contribution in [0, 0.1) is 11.3 Å². The summed E-state index contributed by atoms with van der Waals surface area (Å²) in [7, 11) is 0. The lowest BCUT2D eigenvalue weighted by atomic mass is 10.1. The van der Waals surface area contributed by atoms with Crippen molar-refractivity contribution in [2.75, 3.05) is 38.1 Å². The van der Waals surface area contributed by atoms with Gasteiger partial charge in [-0.25, -0.2) is 4.79 Å². The van der Waals surface area contributed by atoms with Gasteiger partial charge >= 0.3 is 6.09 Å². The molecule has 7 heteroatoms. The number of nitriles is 1. The Bertz CT molecular complexity index is 795. The van der Waals surface area contributed by atoms with Crippen molar-refractivity contribution in [1.82, 2.24) is 9.80 Å². The van der Waals surface area contributed by atoms with Crippen LogP contribution in [0.2, 0.25) is 0 Å². The van der Waals surface area contributed by atoms with E-state index in [2.05, 4.69) is 36.2 Å². The molecule has 2 rings (SSSR count). The van der Waals surface area contributed by atoms with Gasteiger partial charge in [0.2, 0.25) is 0 Å². The van der Waals surface area contributed by atoms with Crippen LogP contribution in [-0.4, -0.2) is 65.9 Å². The first-order valence-electron chi connectivity index (χ1n) is 11.1. The molecule has 1 amide bonds. The van der Waals surface area contributed by atoms with Gasteiger partial charge in [-0.3, -0.25) is 4.90 Å². The Hall–Kier alpha value is -2.46. The third kappa shape index (κ3) is 7.62. The molecule has 0 aliphatic carbocycles. The summed E-state index contributed by atoms with van der Waals surface area (Å²) >= 11 is 0. The van der Waals surface area contributed by atoms with Crippen LogP contribution in [0.25, 0.3) is 0 Å². The zero-order valence-electron chi connectivity index (χ0n) is 20.1. The lowest BCUT2D eigenvalue weighted by Gasteiger charge is -2.40. The smallest absolute Gasteiger partial charge is 0.410 e. The molecule has 0 bridgehead atoms. The second kappa shape index (κ2) is 10.2. The lowest BCUT2D eigenvalue weighted by Crippen LogP contribution is -2.55. The van der Waals surface area contributed by atoms with Crippen molar-refractivity contribution in [3.05, 3.63) is 23.8 Å². The van der Waals surface area contributed by atoms with E-state index < -0.39 is 11.1 Å². The number of nitrogens with one attached hydrogen (secondary N) is 1. The molecule has 1 aliphatic heterocycles. The van der Waals surface area contributed by atoms with E-state index >= 15 is 0 Å². The van der Waals surface area contributed by atoms with Gasteiger partial charge in [0.15, 0.2) is 0 Å². The molecule has 0 spiro atoms. The zero-order chi connectivity index (χ0) is 23.2. The second-order valence-corrected chi connectivity index (χ2v) is 9.71. The van der Waals surface area contributed by atoms with Crippen molar-refractivity contribution < 1.29 is 14.3 Å². The summed E-state index contributed by atoms with van der Waals surface area (Å²) in [4.78, 5) is 16.5. The molecule has 1 heterocycles. The average Bonchev–Trinajstić information content (AvgIpc) is 2.67. The maximum Gasteiger partial charge on any atom is 0.410 e. The minimum Gasteiger partial charge on any atom is -0.492 e. The van der Waals surface area contributed by atoms with E-state index in [-0.39, 0.29) is 12.1 Å². The Morgan fingerprint density at radius 2 is 1.97 bits per heavy atom. The van der Waals surface area contributed by atoms with Crippen molar-refractivity contribution in [1.29, 1.82) is 5.26 Å². The van der Waals surface area contributed by atoms with E-state index in [9.17, 15) is 10.1 Å². The van der Waals surface area contributed by atoms with E-state index in [1.165, 1.54) is 0 Å². The molecule has 31 heavy (non-hydrogen) atoms. The maximum atomic E-state index is 12.4. The quantitative estimate of drug-likeness (QED) is 0.696. The highest BCUT2D eigenvalue weighted by Gasteiger charge is 2.30. The summed E-state index contributed by atoms with van der Waals surface area (Å²) in [5.74, 6) is 0.878. The Morgan fingerprint density at radius 1 is 1.26 bits per heavy atom. The first-order valence-corrected chi connectivity index (χ1v) is 11.1. The highest BCUT2D eigenvalue weighted by atomic mass is 16.6. The standard InChI is InChI=1S/C24H38N4O3/c1-8-19-15-20(26-24(6,7)17-25)9-10-21(19)30-14-13-27-11-12-28(18(2)16-27)22(29)31-23(3,4)5/h9-10,15,18,26H,8,11-14,16H2,1-7H3. The Kier molecular flexibility index (Phi) is 8.19. The van der Waals surface area contributed by atoms with Gasteiger partial charge in [0, 0.05) is 37.9 Å². The number of carbonyl (C=O) groups is 1. The van der Waals surface area contributed by atoms with Crippen LogP contribution in [0.5, 0.6) is 5.75 Å². The van der Waals surface area contributed by atoms with Gasteiger partial charge in [0.05, 0.1) is 6.07 Å². The highest BCUT2D eigenvalue weighted by molar-refractivity contribution is 5.68. The molecule has 0 aromatic heterocycles. The fraction of sp³-hybridized carbons (Fsp3) is 0.667. The van der Waals surface area contributed by atoms with E-state index in [1.807, 2.05) is 51.7 Å². The van der Waals surface area contributed by atoms with Gasteiger partial charge in [-0.15, -0.1) is 0 Å². The number of hydrogen-bond acceptors (Lipinski definition) is 6. The summed E-state index contributed by atoms with van der Waals surface area (Å²) in [6.07, 6.45) is 0.612. The van der Waals surface area contributed by atoms with Crippen molar-refractivity contribution in [3.63, 3.8) is 0 Å². The van der Waals surface area contributed by atoms with E-state index in [1.54, 1.807) is 0 Å². The van der Waals surface area contributed by atoms with Crippen LogP contribution < -0.4 is 10.1 Å². The Labute approximate surface area is 187 Å². The van der Waals surface area contributed by atoms with Crippen molar-refractivity contribution >= 4 is 11.8 Å². The van der Waals surface area contributed by atoms with Gasteiger partial charge in [0.25, 0.3) is 0 Å². The van der Waals surface area contributed by atoms with Gasteiger partial charge < -0.3 is 19.7 Å². The Morgan fingerprint density at radius 3 is 2.55 bits per heavy atom. The molecule has 1 saturated heterocycles. The summed E-state index contributed by atoms with van der Waals surface area (Å²) in [5, 5.41) is 12.5. The molecule has 0 radical (unpaired) electrons. The summed E-state index contributed by atoms with van der Waals surface area (Å²) in [5.41, 5.74) is 0.935. The lowest BCUT2D eigenvalue weighted by molar-refractivity contribution is 0.000347. The van der Waals surface area contributed by atoms with Crippen LogP contribution in [-0.2, 0) is 11.2 Å². The third-order valence-electron chi connectivity index (χ3n) is 5.18. The van der Waals surface area contributed by atoms with Gasteiger partial charge in [-0.2, -0.15) is 5.26 Å². The number of carbonyl (C=O) groups excluding carboxylic acids is 1. The molecule has 1 atom stereocenters. The van der Waals surface area contributed by atoms with Crippen LogP contribution in [0.4, 0.5) is 10.5 Å². The molecule has 1 aliphatic rings. The zero-order valence-corrected chi connectivity index (χ0v) is 20.1. The third-order valence-corrected chi connectivity index (χ3v) is 5.18. The van der Waals surface area contributed by atoms with E-state index in [0.29, 0.717) is 13.2 Å². The normalized spacial score (nSPS) is 17.7. The SMILES string of the molecule is CCc1cc(NC(C)(C)C#N)ccc1OCCN1CCN(C(=O)OC(C)(C)C)C(C)C1. The number of rotatable bonds is 7. The molecule has 1 fully saturated rings. The van der Waals surface area contributed by atoms with Crippen molar-refractivity contribution in [3.8, 4) is 11.8 Å². The van der Waals surface area contributed by atoms with Crippen LogP contribution in [0.1, 0.15) is 54.0 Å². The number of amides is 1. The number of nitrogens with zero attached hydrogens (tertiary/aromatic N) is 3. The maximum absolute atomic E-state index is 12.4. The summed E-state index contributed by atoms with van der Waals surface area (Å²) in [6, 6.07) is 8.33. The molecule has 7 nitrogen and oxygen atoms in total. The minimum atomic E-state index is -0.620. The largest absolute Gasteiger partial charge is 0.492 e. The molecule has 1 aromatic carbocycles. The first-order chi connectivity index (χ1) is 14.4. The molecule has 172 valence electrons. The van der Waals surface area contributed by atoms with Crippen molar-refractivity contribution in [2.45, 2.75) is 72.1 Å². The summed E-state index contributed by atoms with van der Waals surface area (Å²) in [6.45, 7) is 17.2. The number of aryl methyl sites for hydroxylation is 1. The minimum absolute atomic E-state index is 0.101. The molecular formula is C24H38N4O3. The van der Waals surface area contributed by atoms with Crippen molar-refractivity contribution in [2.24, 2.45) is 0 Å². The van der Waals surface area contributed by atoms with E-state index in [4.69, 9.17) is 9.47 Å². The number of hydrogen-bond donors (Lipinski definition) is 1. The topological polar surface area (TPSA) is 77.8 Å². The summed E-state index contributed by atoms with van der Waals surface area (Å²) < 4.78 is 11.6. The monoisotopic (exact) mass is 430 g/mol. The number of benzene rings is 1. The van der Waals surface area contributed by atoms with Crippen LogP contribution in [0.15, 0.2) is 18.2 Å². The van der Waals surface area contributed by atoms with Crippen LogP contribution in [0.3, 0.4) is 0 Å². The number of piperazine rings is 1. The molecule has 1 aromatic rings. The predicted molar refractivity (Wildman–Crippen MR) is 123 cm³/mol. The first kappa shape index (κ1) is 24.8. The fourth-order valence-electron chi connectivity index (χ4n) is 3.58. The van der Waals surface area contributed by atoms with Gasteiger partial charge in [-0.05, 0) is 71.7 Å². The fourth-order valence-corrected chi connectivity index (χ4v) is 3.58. The average molecular weight is 431 g/mol. The number of anilines is 1. The highest BCUT2D eigenvalue weighted by Crippen LogP contribution is 2.25. The second-order valence-electron chi connectivity index (χ2n) is 9.71. The molecular weight excluding hydrogens is 392 g/mol. The van der Waals surface area contributed by atoms with Gasteiger partial charge in [-0.1, -0.05) is 6.92 Å². The number of ether oxygens (including phenoxy) is 2. The molecule has 1 unspecified atom stereocenters. The predicted octanol–water partition coefficient (Wildman–Crippen LogP) is 4.28. The molecule has 1 N–H and O–H groups in total. The van der Waals surface area contributed by atoms with E-state index in [0.717, 1.165) is 43.1 Å².